The third-order valence-corrected chi connectivity index (χ3v) is 3.60. The van der Waals surface area contributed by atoms with E-state index in [2.05, 4.69) is 5.32 Å². The number of benzene rings is 1. The summed E-state index contributed by atoms with van der Waals surface area (Å²) in [6, 6.07) is 1.92. The van der Waals surface area contributed by atoms with E-state index in [9.17, 15) is 0 Å². The molecule has 4 heteroatoms. The molecule has 18 heavy (non-hydrogen) atoms. The first-order valence-corrected chi connectivity index (χ1v) is 6.23. The van der Waals surface area contributed by atoms with Gasteiger partial charge in [0.05, 0.1) is 21.3 Å². The number of likely N-dealkylation sites (N-methyl/N-ethyl adjacent to an activating group) is 1. The van der Waals surface area contributed by atoms with Gasteiger partial charge in [-0.05, 0) is 19.9 Å². The fraction of sp³-hybridized carbons (Fsp3) is 0.571. The fourth-order valence-electron chi connectivity index (χ4n) is 2.84. The van der Waals surface area contributed by atoms with Crippen LogP contribution in [-0.4, -0.2) is 34.9 Å². The van der Waals surface area contributed by atoms with Crippen molar-refractivity contribution in [3.63, 3.8) is 0 Å². The van der Waals surface area contributed by atoms with Crippen molar-refractivity contribution >= 4 is 0 Å². The standard InChI is InChI=1S/C14H21NO3/c1-15-8-9-5-6-10-13(9)11(16-2)7-12(17-3)14(10)18-4/h7,9,15H,5-6,8H2,1-4H3. The summed E-state index contributed by atoms with van der Waals surface area (Å²) >= 11 is 0. The molecule has 0 radical (unpaired) electrons. The summed E-state index contributed by atoms with van der Waals surface area (Å²) in [7, 11) is 7.03. The molecule has 0 fully saturated rings. The van der Waals surface area contributed by atoms with Gasteiger partial charge in [0.25, 0.3) is 0 Å². The minimum absolute atomic E-state index is 0.486. The molecule has 2 rings (SSSR count). The van der Waals surface area contributed by atoms with Gasteiger partial charge in [-0.3, -0.25) is 0 Å². The molecular weight excluding hydrogens is 230 g/mol. The van der Waals surface area contributed by atoms with Gasteiger partial charge in [0.1, 0.15) is 5.75 Å². The lowest BCUT2D eigenvalue weighted by Crippen LogP contribution is -2.15. The molecule has 4 nitrogen and oxygen atoms in total. The molecule has 1 aliphatic rings. The van der Waals surface area contributed by atoms with Crippen molar-refractivity contribution in [2.75, 3.05) is 34.9 Å². The summed E-state index contributed by atoms with van der Waals surface area (Å²) in [5, 5.41) is 3.24. The molecule has 100 valence electrons. The van der Waals surface area contributed by atoms with Crippen molar-refractivity contribution in [2.24, 2.45) is 0 Å². The number of nitrogens with one attached hydrogen (secondary N) is 1. The van der Waals surface area contributed by atoms with Crippen LogP contribution in [0.5, 0.6) is 17.2 Å². The van der Waals surface area contributed by atoms with Gasteiger partial charge < -0.3 is 19.5 Å². The number of fused-ring (bicyclic) bond motifs is 1. The lowest BCUT2D eigenvalue weighted by Gasteiger charge is -2.18. The second kappa shape index (κ2) is 5.48. The van der Waals surface area contributed by atoms with Crippen LogP contribution in [0.15, 0.2) is 6.07 Å². The van der Waals surface area contributed by atoms with Gasteiger partial charge in [-0.1, -0.05) is 0 Å². The molecule has 0 saturated carbocycles. The first kappa shape index (κ1) is 13.0. The molecular formula is C14H21NO3. The van der Waals surface area contributed by atoms with Gasteiger partial charge in [-0.25, -0.2) is 0 Å². The zero-order valence-electron chi connectivity index (χ0n) is 11.5. The maximum atomic E-state index is 5.51. The Morgan fingerprint density at radius 1 is 1.17 bits per heavy atom. The van der Waals surface area contributed by atoms with Gasteiger partial charge in [-0.2, -0.15) is 0 Å². The molecule has 0 bridgehead atoms. The highest BCUT2D eigenvalue weighted by molar-refractivity contribution is 5.60. The topological polar surface area (TPSA) is 39.7 Å². The van der Waals surface area contributed by atoms with Gasteiger partial charge in [0.15, 0.2) is 11.5 Å². The Kier molecular flexibility index (Phi) is 3.97. The fourth-order valence-corrected chi connectivity index (χ4v) is 2.84. The molecule has 1 aromatic rings. The summed E-state index contributed by atoms with van der Waals surface area (Å²) in [6.07, 6.45) is 2.13. The molecule has 1 atom stereocenters. The molecule has 0 spiro atoms. The molecule has 0 aromatic heterocycles. The van der Waals surface area contributed by atoms with Crippen molar-refractivity contribution in [3.05, 3.63) is 17.2 Å². The van der Waals surface area contributed by atoms with E-state index < -0.39 is 0 Å². The van der Waals surface area contributed by atoms with Gasteiger partial charge >= 0.3 is 0 Å². The largest absolute Gasteiger partial charge is 0.496 e. The second-order valence-electron chi connectivity index (χ2n) is 4.50. The Balaban J connectivity index is 2.54. The van der Waals surface area contributed by atoms with Crippen LogP contribution >= 0.6 is 0 Å². The van der Waals surface area contributed by atoms with E-state index in [1.54, 1.807) is 21.3 Å². The normalized spacial score (nSPS) is 17.4. The van der Waals surface area contributed by atoms with E-state index in [-0.39, 0.29) is 0 Å². The monoisotopic (exact) mass is 251 g/mol. The van der Waals surface area contributed by atoms with Crippen LogP contribution in [0.1, 0.15) is 23.5 Å². The van der Waals surface area contributed by atoms with Crippen molar-refractivity contribution in [3.8, 4) is 17.2 Å². The van der Waals surface area contributed by atoms with E-state index in [4.69, 9.17) is 14.2 Å². The van der Waals surface area contributed by atoms with Crippen LogP contribution in [0.4, 0.5) is 0 Å². The highest BCUT2D eigenvalue weighted by atomic mass is 16.5. The second-order valence-corrected chi connectivity index (χ2v) is 4.50. The predicted molar refractivity (Wildman–Crippen MR) is 71.1 cm³/mol. The molecule has 0 saturated heterocycles. The average Bonchev–Trinajstić information content (AvgIpc) is 2.81. The molecule has 0 heterocycles. The van der Waals surface area contributed by atoms with Crippen LogP contribution in [0.25, 0.3) is 0 Å². The zero-order valence-corrected chi connectivity index (χ0v) is 11.5. The number of hydrogen-bond acceptors (Lipinski definition) is 4. The SMILES string of the molecule is CNCC1CCc2c(OC)c(OC)cc(OC)c21. The first-order chi connectivity index (χ1) is 8.76. The number of ether oxygens (including phenoxy) is 3. The summed E-state index contributed by atoms with van der Waals surface area (Å²) in [4.78, 5) is 0. The van der Waals surface area contributed by atoms with Gasteiger partial charge in [0.2, 0.25) is 0 Å². The summed E-state index contributed by atoms with van der Waals surface area (Å²) in [5.74, 6) is 2.99. The maximum Gasteiger partial charge on any atom is 0.164 e. The summed E-state index contributed by atoms with van der Waals surface area (Å²) < 4.78 is 16.4. The highest BCUT2D eigenvalue weighted by Gasteiger charge is 2.30. The van der Waals surface area contributed by atoms with E-state index in [1.165, 1.54) is 11.1 Å². The number of methoxy groups -OCH3 is 3. The number of hydrogen-bond donors (Lipinski definition) is 1. The Bertz CT molecular complexity index is 432. The Morgan fingerprint density at radius 3 is 2.44 bits per heavy atom. The maximum absolute atomic E-state index is 5.51. The van der Waals surface area contributed by atoms with Crippen LogP contribution in [0.3, 0.4) is 0 Å². The molecule has 0 amide bonds. The first-order valence-electron chi connectivity index (χ1n) is 6.23. The lowest BCUT2D eigenvalue weighted by molar-refractivity contribution is 0.345. The average molecular weight is 251 g/mol. The van der Waals surface area contributed by atoms with Crippen LogP contribution in [0, 0.1) is 0 Å². The minimum atomic E-state index is 0.486. The molecule has 1 aromatic carbocycles. The van der Waals surface area contributed by atoms with E-state index in [0.717, 1.165) is 36.6 Å². The summed E-state index contributed by atoms with van der Waals surface area (Å²) in [6.45, 7) is 0.957. The Morgan fingerprint density at radius 2 is 1.89 bits per heavy atom. The predicted octanol–water partition coefficient (Wildman–Crippen LogP) is 1.96. The van der Waals surface area contributed by atoms with Crippen molar-refractivity contribution in [1.29, 1.82) is 0 Å². The quantitative estimate of drug-likeness (QED) is 0.868. The number of rotatable bonds is 5. The molecule has 1 aliphatic carbocycles. The van der Waals surface area contributed by atoms with E-state index in [0.29, 0.717) is 5.92 Å². The third-order valence-electron chi connectivity index (χ3n) is 3.60. The zero-order chi connectivity index (χ0) is 13.1. The van der Waals surface area contributed by atoms with Gasteiger partial charge in [0, 0.05) is 29.7 Å². The van der Waals surface area contributed by atoms with Crippen molar-refractivity contribution in [1.82, 2.24) is 5.32 Å². The van der Waals surface area contributed by atoms with E-state index >= 15 is 0 Å². The Hall–Kier alpha value is -1.42. The summed E-state index contributed by atoms with van der Waals surface area (Å²) in [5.41, 5.74) is 2.50. The third kappa shape index (κ3) is 2.01. The van der Waals surface area contributed by atoms with E-state index in [1.807, 2.05) is 13.1 Å². The van der Waals surface area contributed by atoms with Gasteiger partial charge in [-0.15, -0.1) is 0 Å². The molecule has 1 N–H and O–H groups in total. The van der Waals surface area contributed by atoms with Crippen molar-refractivity contribution < 1.29 is 14.2 Å². The molecule has 1 unspecified atom stereocenters. The van der Waals surface area contributed by atoms with Crippen LogP contribution in [-0.2, 0) is 6.42 Å². The smallest absolute Gasteiger partial charge is 0.164 e. The lowest BCUT2D eigenvalue weighted by atomic mass is 9.99. The van der Waals surface area contributed by atoms with Crippen LogP contribution in [0.2, 0.25) is 0 Å². The minimum Gasteiger partial charge on any atom is -0.496 e. The molecule has 0 aliphatic heterocycles. The Labute approximate surface area is 108 Å². The van der Waals surface area contributed by atoms with Crippen molar-refractivity contribution in [2.45, 2.75) is 18.8 Å². The highest BCUT2D eigenvalue weighted by Crippen LogP contribution is 2.48. The van der Waals surface area contributed by atoms with Crippen LogP contribution < -0.4 is 19.5 Å².